The van der Waals surface area contributed by atoms with E-state index in [0.717, 1.165) is 5.56 Å². The van der Waals surface area contributed by atoms with Crippen molar-refractivity contribution < 1.29 is 23.5 Å². The van der Waals surface area contributed by atoms with Crippen LogP contribution < -0.4 is 10.6 Å². The fourth-order valence-corrected chi connectivity index (χ4v) is 4.93. The monoisotopic (exact) mass is 476 g/mol. The SMILES string of the molecule is C[C@H](O[Si](C)(C)C(C)(C)C)[C@H]1C(=O)N[C@@H]1CC(=O)c1ccc(CNC(=O)OC(C)(C)C)cc1. The lowest BCUT2D eigenvalue weighted by Crippen LogP contribution is -2.64. The molecule has 0 unspecified atom stereocenters. The summed E-state index contributed by atoms with van der Waals surface area (Å²) in [7, 11) is -2.02. The molecule has 33 heavy (non-hydrogen) atoms. The number of rotatable bonds is 8. The van der Waals surface area contributed by atoms with E-state index in [0.29, 0.717) is 12.1 Å². The lowest BCUT2D eigenvalue weighted by Gasteiger charge is -2.45. The molecule has 0 saturated carbocycles. The van der Waals surface area contributed by atoms with E-state index in [2.05, 4.69) is 44.5 Å². The van der Waals surface area contributed by atoms with E-state index in [1.807, 2.05) is 39.8 Å². The highest BCUT2D eigenvalue weighted by atomic mass is 28.4. The van der Waals surface area contributed by atoms with E-state index in [1.54, 1.807) is 12.1 Å². The minimum absolute atomic E-state index is 0.0313. The molecule has 0 aliphatic carbocycles. The minimum Gasteiger partial charge on any atom is -0.444 e. The number of amides is 2. The van der Waals surface area contributed by atoms with Crippen molar-refractivity contribution in [3.63, 3.8) is 0 Å². The molecular formula is C25H40N2O5Si. The van der Waals surface area contributed by atoms with Gasteiger partial charge >= 0.3 is 6.09 Å². The molecule has 1 aromatic carbocycles. The lowest BCUT2D eigenvalue weighted by atomic mass is 9.82. The Balaban J connectivity index is 1.92. The van der Waals surface area contributed by atoms with Crippen LogP contribution in [0.25, 0.3) is 0 Å². The van der Waals surface area contributed by atoms with Crippen molar-refractivity contribution in [2.75, 3.05) is 0 Å². The van der Waals surface area contributed by atoms with E-state index in [1.165, 1.54) is 0 Å². The quantitative estimate of drug-likeness (QED) is 0.319. The van der Waals surface area contributed by atoms with Crippen molar-refractivity contribution >= 4 is 26.1 Å². The molecule has 0 spiro atoms. The molecule has 2 rings (SSSR count). The largest absolute Gasteiger partial charge is 0.444 e. The molecule has 8 heteroatoms. The minimum atomic E-state index is -2.02. The third-order valence-electron chi connectivity index (χ3n) is 6.37. The Labute approximate surface area is 199 Å². The van der Waals surface area contributed by atoms with Crippen LogP contribution in [0.1, 0.15) is 70.8 Å². The maximum Gasteiger partial charge on any atom is 0.407 e. The molecule has 2 amide bonds. The summed E-state index contributed by atoms with van der Waals surface area (Å²) in [5, 5.41) is 5.63. The molecule has 0 aromatic heterocycles. The molecule has 7 nitrogen and oxygen atoms in total. The first-order chi connectivity index (χ1) is 15.0. The summed E-state index contributed by atoms with van der Waals surface area (Å²) >= 11 is 0. The van der Waals surface area contributed by atoms with Gasteiger partial charge in [0.2, 0.25) is 5.91 Å². The number of β-lactam (4-membered cyclic amide) rings is 1. The van der Waals surface area contributed by atoms with Crippen LogP contribution in [0.2, 0.25) is 18.1 Å². The summed E-state index contributed by atoms with van der Waals surface area (Å²) in [6, 6.07) is 6.90. The highest BCUT2D eigenvalue weighted by Crippen LogP contribution is 2.39. The normalized spacial score (nSPS) is 19.8. The Kier molecular flexibility index (Phi) is 8.17. The van der Waals surface area contributed by atoms with E-state index in [9.17, 15) is 14.4 Å². The van der Waals surface area contributed by atoms with Crippen molar-refractivity contribution in [3.8, 4) is 0 Å². The van der Waals surface area contributed by atoms with Gasteiger partial charge in [-0.2, -0.15) is 0 Å². The number of hydrogen-bond donors (Lipinski definition) is 2. The zero-order chi connectivity index (χ0) is 25.2. The van der Waals surface area contributed by atoms with Gasteiger partial charge in [0.15, 0.2) is 14.1 Å². The van der Waals surface area contributed by atoms with E-state index < -0.39 is 20.0 Å². The van der Waals surface area contributed by atoms with Gasteiger partial charge in [-0.1, -0.05) is 45.0 Å². The van der Waals surface area contributed by atoms with Gasteiger partial charge in [-0.25, -0.2) is 4.79 Å². The van der Waals surface area contributed by atoms with Gasteiger partial charge in [0.25, 0.3) is 0 Å². The molecular weight excluding hydrogens is 436 g/mol. The van der Waals surface area contributed by atoms with E-state index >= 15 is 0 Å². The molecule has 2 N–H and O–H groups in total. The Hall–Kier alpha value is -2.19. The van der Waals surface area contributed by atoms with Gasteiger partial charge in [0.05, 0.1) is 18.1 Å². The number of benzene rings is 1. The number of alkyl carbamates (subject to hydrolysis) is 1. The van der Waals surface area contributed by atoms with Crippen LogP contribution >= 0.6 is 0 Å². The van der Waals surface area contributed by atoms with Crippen LogP contribution in [0.4, 0.5) is 4.79 Å². The second-order valence-corrected chi connectivity index (χ2v) is 16.2. The second kappa shape index (κ2) is 9.97. The standard InChI is InChI=1S/C25H40N2O5Si/c1-16(32-33(8,9)25(5,6)7)21-19(27-22(21)29)14-20(28)18-12-10-17(11-13-18)15-26-23(30)31-24(2,3)4/h10-13,16,19,21H,14-15H2,1-9H3,(H,26,30)(H,27,29)/t16-,19+,21+/m0/s1. The first-order valence-corrected chi connectivity index (χ1v) is 14.5. The molecule has 184 valence electrons. The Bertz CT molecular complexity index is 868. The second-order valence-electron chi connectivity index (χ2n) is 11.4. The van der Waals surface area contributed by atoms with Gasteiger partial charge in [0.1, 0.15) is 5.60 Å². The van der Waals surface area contributed by atoms with E-state index in [4.69, 9.17) is 9.16 Å². The van der Waals surface area contributed by atoms with Crippen LogP contribution in [-0.2, 0) is 20.5 Å². The third-order valence-corrected chi connectivity index (χ3v) is 10.9. The number of Topliss-reactive ketones (excluding diaryl/α,β-unsaturated/α-hetero) is 1. The number of carbonyl (C=O) groups excluding carboxylic acids is 3. The number of ether oxygens (including phenoxy) is 1. The van der Waals surface area contributed by atoms with Crippen molar-refractivity contribution in [2.24, 2.45) is 5.92 Å². The molecule has 0 bridgehead atoms. The Morgan fingerprint density at radius 2 is 1.67 bits per heavy atom. The summed E-state index contributed by atoms with van der Waals surface area (Å²) in [6.07, 6.45) is -0.487. The molecule has 1 aromatic rings. The summed E-state index contributed by atoms with van der Waals surface area (Å²) in [5.74, 6) is -0.404. The number of carbonyl (C=O) groups is 3. The highest BCUT2D eigenvalue weighted by molar-refractivity contribution is 6.74. The van der Waals surface area contributed by atoms with Crippen LogP contribution in [0, 0.1) is 5.92 Å². The highest BCUT2D eigenvalue weighted by Gasteiger charge is 2.47. The van der Waals surface area contributed by atoms with Crippen molar-refractivity contribution in [2.45, 2.75) is 97.3 Å². The summed E-state index contributed by atoms with van der Waals surface area (Å²) in [5.41, 5.74) is 0.889. The third kappa shape index (κ3) is 7.40. The molecule has 1 fully saturated rings. The molecule has 1 saturated heterocycles. The predicted molar refractivity (Wildman–Crippen MR) is 132 cm³/mol. The van der Waals surface area contributed by atoms with Crippen molar-refractivity contribution in [1.29, 1.82) is 0 Å². The van der Waals surface area contributed by atoms with Gasteiger partial charge < -0.3 is 19.8 Å². The Morgan fingerprint density at radius 1 is 1.09 bits per heavy atom. The molecule has 1 aliphatic heterocycles. The molecule has 1 heterocycles. The fourth-order valence-electron chi connectivity index (χ4n) is 3.50. The average Bonchev–Trinajstić information content (AvgIpc) is 2.63. The maximum atomic E-state index is 12.8. The zero-order valence-corrected chi connectivity index (χ0v) is 22.5. The number of ketones is 1. The molecule has 0 radical (unpaired) electrons. The number of hydrogen-bond acceptors (Lipinski definition) is 5. The van der Waals surface area contributed by atoms with Crippen LogP contribution in [0.3, 0.4) is 0 Å². The molecule has 1 aliphatic rings. The van der Waals surface area contributed by atoms with Crippen molar-refractivity contribution in [3.05, 3.63) is 35.4 Å². The summed E-state index contributed by atoms with van der Waals surface area (Å²) < 4.78 is 11.6. The zero-order valence-electron chi connectivity index (χ0n) is 21.5. The number of nitrogens with one attached hydrogen (secondary N) is 2. The van der Waals surface area contributed by atoms with Crippen molar-refractivity contribution in [1.82, 2.24) is 10.6 Å². The summed E-state index contributed by atoms with van der Waals surface area (Å²) in [4.78, 5) is 36.9. The van der Waals surface area contributed by atoms with E-state index in [-0.39, 0.29) is 41.2 Å². The topological polar surface area (TPSA) is 93.7 Å². The smallest absolute Gasteiger partial charge is 0.407 e. The van der Waals surface area contributed by atoms with Crippen LogP contribution in [-0.4, -0.2) is 43.8 Å². The average molecular weight is 477 g/mol. The first-order valence-electron chi connectivity index (χ1n) is 11.6. The lowest BCUT2D eigenvalue weighted by molar-refractivity contribution is -0.139. The van der Waals surface area contributed by atoms with Gasteiger partial charge in [-0.15, -0.1) is 0 Å². The van der Waals surface area contributed by atoms with Crippen LogP contribution in [0.15, 0.2) is 24.3 Å². The first kappa shape index (κ1) is 27.1. The summed E-state index contributed by atoms with van der Waals surface area (Å²) in [6.45, 7) is 18.5. The fraction of sp³-hybridized carbons (Fsp3) is 0.640. The molecule has 3 atom stereocenters. The van der Waals surface area contributed by atoms with Gasteiger partial charge in [0, 0.05) is 18.5 Å². The van der Waals surface area contributed by atoms with Gasteiger partial charge in [-0.05, 0) is 51.4 Å². The van der Waals surface area contributed by atoms with Gasteiger partial charge in [-0.3, -0.25) is 9.59 Å². The Morgan fingerprint density at radius 3 is 2.15 bits per heavy atom. The van der Waals surface area contributed by atoms with Crippen LogP contribution in [0.5, 0.6) is 0 Å². The maximum absolute atomic E-state index is 12.8. The predicted octanol–water partition coefficient (Wildman–Crippen LogP) is 4.81.